The Kier molecular flexibility index (Phi) is 2.82. The third-order valence-electron chi connectivity index (χ3n) is 3.21. The summed E-state index contributed by atoms with van der Waals surface area (Å²) < 4.78 is 0. The third kappa shape index (κ3) is 1.65. The number of aromatic amines is 1. The number of anilines is 2. The van der Waals surface area contributed by atoms with E-state index in [2.05, 4.69) is 16.9 Å². The van der Waals surface area contributed by atoms with E-state index in [-0.39, 0.29) is 23.9 Å². The fourth-order valence-corrected chi connectivity index (χ4v) is 2.18. The predicted octanol–water partition coefficient (Wildman–Crippen LogP) is -0.441. The third-order valence-corrected chi connectivity index (χ3v) is 3.21. The minimum absolute atomic E-state index is 0.00315. The number of hydrogen-bond acceptors (Lipinski definition) is 5. The summed E-state index contributed by atoms with van der Waals surface area (Å²) in [7, 11) is 0. The van der Waals surface area contributed by atoms with Gasteiger partial charge in [-0.2, -0.15) is 0 Å². The van der Waals surface area contributed by atoms with Gasteiger partial charge in [-0.15, -0.1) is 0 Å². The normalized spacial score (nSPS) is 25.0. The molecule has 0 amide bonds. The van der Waals surface area contributed by atoms with Crippen LogP contribution in [0.4, 0.5) is 11.5 Å². The minimum atomic E-state index is -0.332. The van der Waals surface area contributed by atoms with Gasteiger partial charge in [0, 0.05) is 6.54 Å². The predicted molar refractivity (Wildman–Crippen MR) is 61.3 cm³/mol. The molecular formula is C10H16N4O2. The van der Waals surface area contributed by atoms with Crippen LogP contribution in [-0.2, 0) is 0 Å². The molecule has 1 saturated heterocycles. The average molecular weight is 224 g/mol. The lowest BCUT2D eigenvalue weighted by atomic mass is 10.0. The fourth-order valence-electron chi connectivity index (χ4n) is 2.18. The van der Waals surface area contributed by atoms with Crippen molar-refractivity contribution < 1.29 is 5.11 Å². The van der Waals surface area contributed by atoms with E-state index in [1.165, 1.54) is 6.33 Å². The Balaban J connectivity index is 2.37. The number of H-pyrrole nitrogens is 1. The maximum Gasteiger partial charge on any atom is 0.276 e. The highest BCUT2D eigenvalue weighted by atomic mass is 16.3. The first-order valence-electron chi connectivity index (χ1n) is 5.35. The second-order valence-electron chi connectivity index (χ2n) is 4.18. The molecule has 16 heavy (non-hydrogen) atoms. The van der Waals surface area contributed by atoms with Crippen LogP contribution >= 0.6 is 0 Å². The summed E-state index contributed by atoms with van der Waals surface area (Å²) in [5.74, 6) is 0.859. The highest BCUT2D eigenvalue weighted by Gasteiger charge is 2.32. The smallest absolute Gasteiger partial charge is 0.276 e. The molecular weight excluding hydrogens is 208 g/mol. The van der Waals surface area contributed by atoms with Gasteiger partial charge >= 0.3 is 0 Å². The van der Waals surface area contributed by atoms with Gasteiger partial charge in [0.25, 0.3) is 5.56 Å². The maximum atomic E-state index is 11.4. The molecule has 0 bridgehead atoms. The minimum Gasteiger partial charge on any atom is -0.394 e. The van der Waals surface area contributed by atoms with Crippen molar-refractivity contribution >= 4 is 11.5 Å². The molecule has 6 nitrogen and oxygen atoms in total. The van der Waals surface area contributed by atoms with E-state index in [1.54, 1.807) is 0 Å². The van der Waals surface area contributed by atoms with Crippen molar-refractivity contribution in [2.24, 2.45) is 5.92 Å². The monoisotopic (exact) mass is 224 g/mol. The number of nitrogen functional groups attached to an aromatic ring is 1. The number of nitrogens with zero attached hydrogens (tertiary/aromatic N) is 2. The summed E-state index contributed by atoms with van der Waals surface area (Å²) in [5, 5.41) is 9.33. The first-order chi connectivity index (χ1) is 7.65. The highest BCUT2D eigenvalue weighted by Crippen LogP contribution is 2.29. The quantitative estimate of drug-likeness (QED) is 0.633. The van der Waals surface area contributed by atoms with E-state index in [0.717, 1.165) is 13.0 Å². The van der Waals surface area contributed by atoms with Crippen molar-refractivity contribution in [2.75, 3.05) is 23.8 Å². The van der Waals surface area contributed by atoms with Crippen LogP contribution in [0.1, 0.15) is 13.3 Å². The van der Waals surface area contributed by atoms with E-state index < -0.39 is 0 Å². The molecule has 6 heteroatoms. The van der Waals surface area contributed by atoms with Crippen molar-refractivity contribution in [3.8, 4) is 0 Å². The molecule has 2 atom stereocenters. The summed E-state index contributed by atoms with van der Waals surface area (Å²) in [6.45, 7) is 2.90. The van der Waals surface area contributed by atoms with Gasteiger partial charge in [-0.3, -0.25) is 4.79 Å². The van der Waals surface area contributed by atoms with Crippen molar-refractivity contribution in [1.82, 2.24) is 9.97 Å². The summed E-state index contributed by atoms with van der Waals surface area (Å²) >= 11 is 0. The Morgan fingerprint density at radius 2 is 2.50 bits per heavy atom. The van der Waals surface area contributed by atoms with Crippen LogP contribution in [0.25, 0.3) is 0 Å². The highest BCUT2D eigenvalue weighted by molar-refractivity contribution is 5.62. The van der Waals surface area contributed by atoms with Crippen LogP contribution in [0.2, 0.25) is 0 Å². The molecule has 0 aliphatic carbocycles. The van der Waals surface area contributed by atoms with Gasteiger partial charge in [-0.05, 0) is 12.3 Å². The summed E-state index contributed by atoms with van der Waals surface area (Å²) in [6.07, 6.45) is 2.31. The van der Waals surface area contributed by atoms with E-state index in [0.29, 0.717) is 11.7 Å². The fraction of sp³-hybridized carbons (Fsp3) is 0.600. The number of nitrogens with one attached hydrogen (secondary N) is 1. The van der Waals surface area contributed by atoms with Gasteiger partial charge in [-0.1, -0.05) is 6.92 Å². The molecule has 0 spiro atoms. The molecule has 0 saturated carbocycles. The Morgan fingerprint density at radius 3 is 3.19 bits per heavy atom. The standard InChI is InChI=1S/C10H16N4O2/c1-6-2-3-14(7(6)4-15)9-8(11)10(16)13-5-12-9/h5-7,15H,2-4,11H2,1H3,(H,12,13,16). The van der Waals surface area contributed by atoms with Crippen LogP contribution in [0.15, 0.2) is 11.1 Å². The van der Waals surface area contributed by atoms with Crippen LogP contribution < -0.4 is 16.2 Å². The zero-order valence-electron chi connectivity index (χ0n) is 9.18. The molecule has 1 aliphatic heterocycles. The first kappa shape index (κ1) is 10.9. The summed E-state index contributed by atoms with van der Waals surface area (Å²) in [5.41, 5.74) is 5.48. The van der Waals surface area contributed by atoms with Crippen LogP contribution in [-0.4, -0.2) is 34.3 Å². The largest absolute Gasteiger partial charge is 0.394 e. The van der Waals surface area contributed by atoms with E-state index in [9.17, 15) is 9.90 Å². The number of aliphatic hydroxyl groups excluding tert-OH is 1. The maximum absolute atomic E-state index is 11.4. The van der Waals surface area contributed by atoms with Crippen LogP contribution in [0.5, 0.6) is 0 Å². The zero-order valence-corrected chi connectivity index (χ0v) is 9.18. The van der Waals surface area contributed by atoms with Crippen molar-refractivity contribution in [1.29, 1.82) is 0 Å². The van der Waals surface area contributed by atoms with Crippen LogP contribution in [0, 0.1) is 5.92 Å². The van der Waals surface area contributed by atoms with Gasteiger partial charge in [0.15, 0.2) is 5.82 Å². The first-order valence-corrected chi connectivity index (χ1v) is 5.35. The molecule has 2 heterocycles. The van der Waals surface area contributed by atoms with Crippen molar-refractivity contribution in [3.63, 3.8) is 0 Å². The Bertz CT molecular complexity index is 431. The molecule has 0 aromatic carbocycles. The van der Waals surface area contributed by atoms with Crippen LogP contribution in [0.3, 0.4) is 0 Å². The second-order valence-corrected chi connectivity index (χ2v) is 4.18. The lowest BCUT2D eigenvalue weighted by Gasteiger charge is -2.26. The van der Waals surface area contributed by atoms with Gasteiger partial charge in [-0.25, -0.2) is 4.98 Å². The topological polar surface area (TPSA) is 95.2 Å². The second kappa shape index (κ2) is 4.13. The Morgan fingerprint density at radius 1 is 1.75 bits per heavy atom. The molecule has 0 radical (unpaired) electrons. The van der Waals surface area contributed by atoms with Crippen molar-refractivity contribution in [2.45, 2.75) is 19.4 Å². The number of aromatic nitrogens is 2. The lowest BCUT2D eigenvalue weighted by molar-refractivity contribution is 0.244. The molecule has 1 aromatic heterocycles. The van der Waals surface area contributed by atoms with E-state index in [1.807, 2.05) is 4.90 Å². The molecule has 88 valence electrons. The Labute approximate surface area is 93.1 Å². The number of rotatable bonds is 2. The molecule has 1 aliphatic rings. The molecule has 2 rings (SSSR count). The van der Waals surface area contributed by atoms with E-state index >= 15 is 0 Å². The zero-order chi connectivity index (χ0) is 11.7. The molecule has 4 N–H and O–H groups in total. The molecule has 1 fully saturated rings. The number of nitrogens with two attached hydrogens (primary N) is 1. The molecule has 2 unspecified atom stereocenters. The average Bonchev–Trinajstić information content (AvgIpc) is 2.63. The van der Waals surface area contributed by atoms with Gasteiger partial charge < -0.3 is 20.7 Å². The molecule has 1 aromatic rings. The van der Waals surface area contributed by atoms with Crippen molar-refractivity contribution in [3.05, 3.63) is 16.7 Å². The lowest BCUT2D eigenvalue weighted by Crippen LogP contribution is -2.37. The number of hydrogen-bond donors (Lipinski definition) is 3. The van der Waals surface area contributed by atoms with Gasteiger partial charge in [0.1, 0.15) is 5.69 Å². The van der Waals surface area contributed by atoms with Gasteiger partial charge in [0.2, 0.25) is 0 Å². The van der Waals surface area contributed by atoms with E-state index in [4.69, 9.17) is 5.73 Å². The Hall–Kier alpha value is -1.56. The number of aliphatic hydroxyl groups is 1. The summed E-state index contributed by atoms with van der Waals surface area (Å²) in [4.78, 5) is 19.8. The van der Waals surface area contributed by atoms with Gasteiger partial charge in [0.05, 0.1) is 19.0 Å². The summed E-state index contributed by atoms with van der Waals surface area (Å²) in [6, 6.07) is -0.00315. The SMILES string of the molecule is CC1CCN(c2nc[nH]c(=O)c2N)C1CO.